The predicted molar refractivity (Wildman–Crippen MR) is 444 cm³/mol. The Morgan fingerprint density at radius 2 is 1.05 bits per heavy atom. The number of carbonyl (C=O) groups excluding carboxylic acids is 15. The number of aliphatic hydroxyl groups excluding tert-OH is 3. The van der Waals surface area contributed by atoms with Gasteiger partial charge in [0.1, 0.15) is 62.1 Å². The molecule has 662 valence electrons. The largest absolute Gasteiger partial charge is 0.461 e. The van der Waals surface area contributed by atoms with Crippen LogP contribution in [0.4, 0.5) is 9.59 Å². The maximum absolute atomic E-state index is 16.0. The Hall–Kier alpha value is -11.7. The first kappa shape index (κ1) is 99.8. The molecule has 0 saturated carbocycles. The number of rotatable bonds is 30. The van der Waals surface area contributed by atoms with Gasteiger partial charge in [-0.3, -0.25) is 73.1 Å². The average molecular weight is 1690 g/mol. The zero-order chi connectivity index (χ0) is 90.0. The van der Waals surface area contributed by atoms with Crippen LogP contribution in [0.1, 0.15) is 176 Å². The normalized spacial score (nSPS) is 21.1. The molecule has 4 aromatic rings. The highest BCUT2D eigenvalue weighted by Gasteiger charge is 2.44. The summed E-state index contributed by atoms with van der Waals surface area (Å²) in [5.74, 6) is -20.4. The molecule has 0 radical (unpaired) electrons. The van der Waals surface area contributed by atoms with E-state index >= 15 is 28.8 Å². The number of nitrogens with zero attached hydrogens (tertiary/aromatic N) is 1. The molecule has 1 aliphatic rings. The molecule has 35 nitrogen and oxygen atoms in total. The first-order chi connectivity index (χ1) is 57.0. The second kappa shape index (κ2) is 48.5. The summed E-state index contributed by atoms with van der Waals surface area (Å²) in [6.45, 7) is 18.0. The molecule has 0 bridgehead atoms. The number of guanidine groups is 1. The van der Waals surface area contributed by atoms with Gasteiger partial charge >= 0.3 is 18.2 Å². The van der Waals surface area contributed by atoms with Crippen molar-refractivity contribution < 1.29 is 101 Å². The van der Waals surface area contributed by atoms with E-state index in [1.807, 2.05) is 20.8 Å². The summed E-state index contributed by atoms with van der Waals surface area (Å²) < 4.78 is 16.6. The number of hydrogen-bond acceptors (Lipinski definition) is 22. The lowest BCUT2D eigenvalue weighted by atomic mass is 9.80. The molecule has 121 heavy (non-hydrogen) atoms. The lowest BCUT2D eigenvalue weighted by Gasteiger charge is -2.34. The fourth-order valence-corrected chi connectivity index (χ4v) is 13.1. The van der Waals surface area contributed by atoms with E-state index in [9.17, 15) is 58.5 Å². The Morgan fingerprint density at radius 3 is 1.57 bits per heavy atom. The van der Waals surface area contributed by atoms with Crippen molar-refractivity contribution in [2.24, 2.45) is 46.2 Å². The molecule has 1 fully saturated rings. The number of esters is 1. The maximum atomic E-state index is 16.0. The number of primary amides is 1. The van der Waals surface area contributed by atoms with Gasteiger partial charge in [0.15, 0.2) is 5.78 Å². The third-order valence-electron chi connectivity index (χ3n) is 19.8. The smallest absolute Gasteiger partial charge is 0.416 e. The molecule has 0 aromatic heterocycles. The van der Waals surface area contributed by atoms with E-state index < -0.39 is 247 Å². The number of ketones is 1. The fourth-order valence-electron chi connectivity index (χ4n) is 13.1. The van der Waals surface area contributed by atoms with E-state index in [0.717, 1.165) is 11.8 Å². The first-order valence-electron chi connectivity index (χ1n) is 40.5. The van der Waals surface area contributed by atoms with E-state index in [0.29, 0.717) is 16.7 Å². The Balaban J connectivity index is 1.71. The van der Waals surface area contributed by atoms with Gasteiger partial charge in [-0.1, -0.05) is 211 Å². The molecule has 13 amide bonds. The van der Waals surface area contributed by atoms with Crippen molar-refractivity contribution in [1.82, 2.24) is 63.4 Å². The number of nitrogens with two attached hydrogens (primary N) is 1. The van der Waals surface area contributed by atoms with Crippen LogP contribution in [0.2, 0.25) is 0 Å². The molecule has 14 atom stereocenters. The van der Waals surface area contributed by atoms with Crippen LogP contribution in [0.3, 0.4) is 0 Å². The minimum absolute atomic E-state index is 0.0680. The van der Waals surface area contributed by atoms with Crippen LogP contribution in [0.15, 0.2) is 121 Å². The number of alkyl carbamates (subject to hydrolysis) is 1. The van der Waals surface area contributed by atoms with Gasteiger partial charge < -0.3 is 88.4 Å². The Bertz CT molecular complexity index is 4160. The molecule has 17 N–H and O–H groups in total. The predicted octanol–water partition coefficient (Wildman–Crippen LogP) is 3.69. The molecule has 0 unspecified atom stereocenters. The third kappa shape index (κ3) is 34.5. The van der Waals surface area contributed by atoms with Crippen molar-refractivity contribution in [3.8, 4) is 0 Å². The Morgan fingerprint density at radius 1 is 0.562 bits per heavy atom. The topological polar surface area (TPSA) is 530 Å². The van der Waals surface area contributed by atoms with Crippen LogP contribution in [0, 0.1) is 45.8 Å². The van der Waals surface area contributed by atoms with Crippen molar-refractivity contribution >= 4 is 94.9 Å². The molecule has 1 heterocycles. The van der Waals surface area contributed by atoms with Crippen LogP contribution in [-0.2, 0) is 96.4 Å². The highest BCUT2D eigenvalue weighted by molar-refractivity contribution is 6.02. The van der Waals surface area contributed by atoms with Gasteiger partial charge in [-0.2, -0.15) is 0 Å². The van der Waals surface area contributed by atoms with Gasteiger partial charge in [0.2, 0.25) is 70.9 Å². The maximum Gasteiger partial charge on any atom is 0.416 e. The second-order valence-electron chi connectivity index (χ2n) is 33.5. The minimum Gasteiger partial charge on any atom is -0.461 e. The van der Waals surface area contributed by atoms with Crippen molar-refractivity contribution in [3.05, 3.63) is 144 Å². The summed E-state index contributed by atoms with van der Waals surface area (Å²) >= 11 is 0. The number of benzene rings is 4. The van der Waals surface area contributed by atoms with Crippen LogP contribution in [-0.4, -0.2) is 195 Å². The van der Waals surface area contributed by atoms with E-state index in [1.54, 1.807) is 146 Å². The molecular formula is C86H122N14O21. The van der Waals surface area contributed by atoms with Gasteiger partial charge in [0.05, 0.1) is 56.2 Å². The zero-order valence-corrected chi connectivity index (χ0v) is 71.1. The SMILES string of the molecule is CC[C@H](C)[C@@H]1NC(=O)[C@@H](CCCN(C(=N)NC(=O)OCc2ccccc2)C(=O)OCc2ccccc2)NC(=O)[C@H](CC(C)C)NC(=O)[C@H]([C@H](O)C(C)C)NC(=O)[C@@H](CC(=O)[C@@H](CC(C)(C)C)NC(=O)[C@H](CC(=O)OCc2ccccc2)CC(C)(C)C)[C@@H](c2ccccc2)NC(=O)[C@H](CO)NC(=O)[C@H](CC(N)=O)NC(=O)CNC(=O)[C@H]([C@H](C)O)NC1=O. The quantitative estimate of drug-likeness (QED) is 0.0153. The van der Waals surface area contributed by atoms with Crippen LogP contribution >= 0.6 is 0 Å². The number of aliphatic hydroxyl groups is 3. The number of amides is 13. The average Bonchev–Trinajstić information content (AvgIpc) is 0.807. The van der Waals surface area contributed by atoms with Gasteiger partial charge in [-0.25, -0.2) is 14.5 Å². The molecule has 35 heteroatoms. The lowest BCUT2D eigenvalue weighted by Crippen LogP contribution is -2.62. The van der Waals surface area contributed by atoms with E-state index in [-0.39, 0.29) is 57.5 Å². The van der Waals surface area contributed by atoms with Crippen molar-refractivity contribution in [1.29, 1.82) is 5.41 Å². The summed E-state index contributed by atoms with van der Waals surface area (Å²) in [5.41, 5.74) is 6.05. The van der Waals surface area contributed by atoms with E-state index in [2.05, 4.69) is 58.5 Å². The highest BCUT2D eigenvalue weighted by Crippen LogP contribution is 2.32. The zero-order valence-electron chi connectivity index (χ0n) is 71.1. The summed E-state index contributed by atoms with van der Waals surface area (Å²) in [5, 5.41) is 70.7. The van der Waals surface area contributed by atoms with Crippen molar-refractivity contribution in [2.75, 3.05) is 19.7 Å². The standard InChI is InChI=1S/C86H122N14O21/c1-14-51(6)68-80(115)96-69(52(7)102)79(114)89-44-66(105)90-61(41-65(87)104)77(112)94-63(45-101)78(113)97-70(56-34-25-18-26-35-56)58(40-64(103)62(43-86(11,12)13)93-73(108)57(42-85(8,9)10)39-67(106)119-46-53-28-19-15-20-29-53)74(109)98-71(72(107)50(4)5)81(116)92-60(38-49(2)3)76(111)91-59(75(110)95-68)36-27-37-100(84(118)121-48-55-32-23-17-24-33-55)82(88)99-83(117)120-47-54-30-21-16-22-31-54/h15-26,28-35,49-52,57-63,68-72,101-102,107H,14,27,36-48H2,1-13H3,(H2,87,104)(H,89,114)(H,90,105)(H,91,111)(H,92,116)(H,93,108)(H,94,112)(H,95,110)(H,96,115)(H,97,113)(H,98,109)(H2,88,99,117)/t51-,52-,57+,58-,59+,60-,61-,62+,63-,68-,69-,70+,71-,72+/m0/s1. The summed E-state index contributed by atoms with van der Waals surface area (Å²) in [7, 11) is 0. The van der Waals surface area contributed by atoms with Crippen molar-refractivity contribution in [2.45, 2.75) is 234 Å². The number of nitrogens with one attached hydrogen (secondary N) is 12. The summed E-state index contributed by atoms with van der Waals surface area (Å²) in [6, 6.07) is 16.9. The monoisotopic (exact) mass is 1690 g/mol. The fraction of sp³-hybridized carbons (Fsp3) is 0.535. The van der Waals surface area contributed by atoms with Gasteiger partial charge in [-0.05, 0) is 89.9 Å². The van der Waals surface area contributed by atoms with Gasteiger partial charge in [-0.15, -0.1) is 0 Å². The molecule has 1 aliphatic heterocycles. The molecule has 1 saturated heterocycles. The Kier molecular flexibility index (Phi) is 40.0. The first-order valence-corrected chi connectivity index (χ1v) is 40.5. The number of Topliss-reactive ketones (excluding diaryl/α,β-unsaturated/α-hetero) is 1. The van der Waals surface area contributed by atoms with Gasteiger partial charge in [0, 0.05) is 18.9 Å². The lowest BCUT2D eigenvalue weighted by molar-refractivity contribution is -0.149. The molecule has 0 aliphatic carbocycles. The van der Waals surface area contributed by atoms with Crippen molar-refractivity contribution in [3.63, 3.8) is 0 Å². The minimum atomic E-state index is -2.09. The molecule has 4 aromatic carbocycles. The van der Waals surface area contributed by atoms with E-state index in [1.165, 1.54) is 38.1 Å². The summed E-state index contributed by atoms with van der Waals surface area (Å²) in [6.07, 6.45) is -9.18. The third-order valence-corrected chi connectivity index (χ3v) is 19.8. The molecule has 0 spiro atoms. The van der Waals surface area contributed by atoms with Gasteiger partial charge in [0.25, 0.3) is 0 Å². The van der Waals surface area contributed by atoms with E-state index in [4.69, 9.17) is 25.4 Å². The molecule has 5 rings (SSSR count). The molecular weight excluding hydrogens is 1570 g/mol. The number of carbonyl (C=O) groups is 15. The number of hydrogen-bond donors (Lipinski definition) is 16. The summed E-state index contributed by atoms with van der Waals surface area (Å²) in [4.78, 5) is 219. The number of ether oxygens (including phenoxy) is 3. The van der Waals surface area contributed by atoms with Crippen LogP contribution in [0.25, 0.3) is 0 Å². The van der Waals surface area contributed by atoms with Crippen LogP contribution in [0.5, 0.6) is 0 Å². The Labute approximate surface area is 705 Å². The highest BCUT2D eigenvalue weighted by atomic mass is 16.6. The second-order valence-corrected chi connectivity index (χ2v) is 33.5. The van der Waals surface area contributed by atoms with Crippen LogP contribution < -0.4 is 64.2 Å².